The van der Waals surface area contributed by atoms with Crippen LogP contribution in [0.5, 0.6) is 0 Å². The van der Waals surface area contributed by atoms with Gasteiger partial charge < -0.3 is 15.0 Å². The molecule has 2 aliphatic heterocycles. The van der Waals surface area contributed by atoms with Crippen molar-refractivity contribution in [3.8, 4) is 0 Å². The Morgan fingerprint density at radius 1 is 1.07 bits per heavy atom. The highest BCUT2D eigenvalue weighted by Crippen LogP contribution is 2.36. The number of hydrogen-bond donors (Lipinski definition) is 1. The summed E-state index contributed by atoms with van der Waals surface area (Å²) in [5.41, 5.74) is -0.0655. The average Bonchev–Trinajstić information content (AvgIpc) is 2.91. The van der Waals surface area contributed by atoms with E-state index in [9.17, 15) is 14.4 Å². The molecule has 0 atom stereocenters. The van der Waals surface area contributed by atoms with Crippen molar-refractivity contribution in [1.82, 2.24) is 10.2 Å². The van der Waals surface area contributed by atoms with Gasteiger partial charge in [-0.2, -0.15) is 0 Å². The third kappa shape index (κ3) is 3.38. The molecule has 7 heteroatoms. The number of nitrogens with zero attached hydrogens (tertiary/aromatic N) is 2. The number of imide groups is 1. The smallest absolute Gasteiger partial charge is 0.410 e. The number of fused-ring (bicyclic) bond motifs is 1. The summed E-state index contributed by atoms with van der Waals surface area (Å²) in [6, 6.07) is 11.2. The number of hydrogen-bond acceptors (Lipinski definition) is 4. The fraction of sp³-hybridized carbons (Fsp3) is 0.435. The van der Waals surface area contributed by atoms with Crippen molar-refractivity contribution in [3.63, 3.8) is 0 Å². The molecule has 1 N–H and O–H groups in total. The van der Waals surface area contributed by atoms with Crippen molar-refractivity contribution in [2.24, 2.45) is 0 Å². The summed E-state index contributed by atoms with van der Waals surface area (Å²) in [5.74, 6) is -0.255. The second-order valence-electron chi connectivity index (χ2n) is 9.05. The van der Waals surface area contributed by atoms with Gasteiger partial charge in [0.1, 0.15) is 11.1 Å². The zero-order valence-corrected chi connectivity index (χ0v) is 17.8. The minimum atomic E-state index is -0.978. The number of likely N-dealkylation sites (tertiary alicyclic amines) is 1. The van der Waals surface area contributed by atoms with Gasteiger partial charge in [-0.05, 0) is 62.9 Å². The highest BCUT2D eigenvalue weighted by molar-refractivity contribution is 6.24. The van der Waals surface area contributed by atoms with E-state index in [4.69, 9.17) is 4.74 Å². The number of aryl methyl sites for hydroxylation is 1. The van der Waals surface area contributed by atoms with Gasteiger partial charge in [0.15, 0.2) is 0 Å². The molecule has 30 heavy (non-hydrogen) atoms. The van der Waals surface area contributed by atoms with Crippen LogP contribution in [-0.2, 0) is 9.53 Å². The molecule has 0 radical (unpaired) electrons. The molecule has 0 unspecified atom stereocenters. The largest absolute Gasteiger partial charge is 0.444 e. The number of anilines is 1. The number of ether oxygens (including phenoxy) is 1. The minimum absolute atomic E-state index is 0.255. The van der Waals surface area contributed by atoms with Crippen molar-refractivity contribution in [3.05, 3.63) is 42.0 Å². The Morgan fingerprint density at radius 3 is 2.40 bits per heavy atom. The summed E-state index contributed by atoms with van der Waals surface area (Å²) in [6.45, 7) is 8.09. The lowest BCUT2D eigenvalue weighted by Crippen LogP contribution is -2.56. The molecular formula is C23H27N3O4. The lowest BCUT2D eigenvalue weighted by molar-refractivity contribution is -0.123. The Morgan fingerprint density at radius 2 is 1.73 bits per heavy atom. The molecule has 158 valence electrons. The maximum atomic E-state index is 13.4. The number of rotatable bonds is 1. The van der Waals surface area contributed by atoms with Crippen LogP contribution >= 0.6 is 0 Å². The van der Waals surface area contributed by atoms with E-state index < -0.39 is 23.3 Å². The first-order valence-electron chi connectivity index (χ1n) is 10.2. The molecule has 4 amide bonds. The SMILES string of the molecule is Cc1c(N2C(=O)NC3(CCN(C(=O)OC(C)(C)C)CC3)C2=O)ccc2ccccc12. The molecule has 1 spiro atoms. The Labute approximate surface area is 176 Å². The molecule has 2 aromatic carbocycles. The van der Waals surface area contributed by atoms with E-state index in [2.05, 4.69) is 5.32 Å². The summed E-state index contributed by atoms with van der Waals surface area (Å²) in [5, 5.41) is 4.98. The standard InChI is InChI=1S/C23H27N3O4/c1-15-17-8-6-5-7-16(17)9-10-18(15)26-19(27)23(24-20(26)28)11-13-25(14-12-23)21(29)30-22(2,3)4/h5-10H,11-14H2,1-4H3,(H,24,28). The molecular weight excluding hydrogens is 382 g/mol. The molecule has 0 aromatic heterocycles. The summed E-state index contributed by atoms with van der Waals surface area (Å²) < 4.78 is 5.43. The molecule has 4 rings (SSSR count). The van der Waals surface area contributed by atoms with Crippen LogP contribution in [0.4, 0.5) is 15.3 Å². The van der Waals surface area contributed by atoms with Gasteiger partial charge in [0.2, 0.25) is 0 Å². The second-order valence-corrected chi connectivity index (χ2v) is 9.05. The van der Waals surface area contributed by atoms with Crippen LogP contribution in [0.2, 0.25) is 0 Å². The monoisotopic (exact) mass is 409 g/mol. The highest BCUT2D eigenvalue weighted by Gasteiger charge is 2.53. The summed E-state index contributed by atoms with van der Waals surface area (Å²) in [6.07, 6.45) is 0.330. The van der Waals surface area contributed by atoms with Crippen LogP contribution in [-0.4, -0.2) is 47.2 Å². The second kappa shape index (κ2) is 7.00. The van der Waals surface area contributed by atoms with Crippen molar-refractivity contribution in [2.45, 2.75) is 51.7 Å². The number of amides is 4. The predicted octanol–water partition coefficient (Wildman–Crippen LogP) is 3.97. The zero-order chi connectivity index (χ0) is 21.7. The Kier molecular flexibility index (Phi) is 4.71. The van der Waals surface area contributed by atoms with Crippen LogP contribution in [0.3, 0.4) is 0 Å². The molecule has 2 heterocycles. The lowest BCUT2D eigenvalue weighted by atomic mass is 9.87. The van der Waals surface area contributed by atoms with E-state index in [1.807, 2.05) is 64.1 Å². The van der Waals surface area contributed by atoms with Gasteiger partial charge in [-0.15, -0.1) is 0 Å². The quantitative estimate of drug-likeness (QED) is 0.723. The molecule has 2 aromatic rings. The maximum absolute atomic E-state index is 13.4. The van der Waals surface area contributed by atoms with Crippen molar-refractivity contribution >= 4 is 34.5 Å². The molecule has 7 nitrogen and oxygen atoms in total. The molecule has 0 aliphatic carbocycles. The highest BCUT2D eigenvalue weighted by atomic mass is 16.6. The number of carbonyl (C=O) groups excluding carboxylic acids is 3. The van der Waals surface area contributed by atoms with Crippen LogP contribution in [0, 0.1) is 6.92 Å². The summed E-state index contributed by atoms with van der Waals surface area (Å²) >= 11 is 0. The van der Waals surface area contributed by atoms with E-state index in [1.165, 1.54) is 4.90 Å². The minimum Gasteiger partial charge on any atom is -0.444 e. The van der Waals surface area contributed by atoms with Crippen LogP contribution in [0.1, 0.15) is 39.2 Å². The predicted molar refractivity (Wildman–Crippen MR) is 114 cm³/mol. The van der Waals surface area contributed by atoms with Crippen molar-refractivity contribution in [1.29, 1.82) is 0 Å². The summed E-state index contributed by atoms with van der Waals surface area (Å²) in [7, 11) is 0. The van der Waals surface area contributed by atoms with E-state index >= 15 is 0 Å². The third-order valence-corrected chi connectivity index (χ3v) is 5.84. The fourth-order valence-electron chi connectivity index (χ4n) is 4.23. The van der Waals surface area contributed by atoms with E-state index in [0.29, 0.717) is 31.6 Å². The van der Waals surface area contributed by atoms with E-state index in [-0.39, 0.29) is 5.91 Å². The van der Waals surface area contributed by atoms with Gasteiger partial charge in [-0.1, -0.05) is 30.3 Å². The van der Waals surface area contributed by atoms with Crippen molar-refractivity contribution < 1.29 is 19.1 Å². The van der Waals surface area contributed by atoms with Gasteiger partial charge >= 0.3 is 12.1 Å². The maximum Gasteiger partial charge on any atom is 0.410 e. The van der Waals surface area contributed by atoms with Crippen LogP contribution in [0.25, 0.3) is 10.8 Å². The first-order valence-corrected chi connectivity index (χ1v) is 10.2. The zero-order valence-electron chi connectivity index (χ0n) is 17.8. The van der Waals surface area contributed by atoms with Gasteiger partial charge in [0.25, 0.3) is 5.91 Å². The lowest BCUT2D eigenvalue weighted by Gasteiger charge is -2.37. The molecule has 2 saturated heterocycles. The van der Waals surface area contributed by atoms with Crippen LogP contribution in [0.15, 0.2) is 36.4 Å². The molecule has 2 aliphatic rings. The number of benzene rings is 2. The van der Waals surface area contributed by atoms with Gasteiger partial charge in [-0.25, -0.2) is 14.5 Å². The van der Waals surface area contributed by atoms with E-state index in [1.54, 1.807) is 4.90 Å². The van der Waals surface area contributed by atoms with Gasteiger partial charge in [0.05, 0.1) is 5.69 Å². The molecule has 0 saturated carbocycles. The van der Waals surface area contributed by atoms with Crippen molar-refractivity contribution in [2.75, 3.05) is 18.0 Å². The molecule has 0 bridgehead atoms. The summed E-state index contributed by atoms with van der Waals surface area (Å²) in [4.78, 5) is 41.4. The van der Waals surface area contributed by atoms with Gasteiger partial charge in [0, 0.05) is 13.1 Å². The number of carbonyl (C=O) groups is 3. The first-order chi connectivity index (χ1) is 14.1. The number of nitrogens with one attached hydrogen (secondary N) is 1. The first kappa shape index (κ1) is 20.2. The van der Waals surface area contributed by atoms with E-state index in [0.717, 1.165) is 16.3 Å². The topological polar surface area (TPSA) is 79.0 Å². The normalized spacial score (nSPS) is 18.8. The Bertz CT molecular complexity index is 1030. The average molecular weight is 409 g/mol. The molecule has 2 fully saturated rings. The van der Waals surface area contributed by atoms with Gasteiger partial charge in [-0.3, -0.25) is 4.79 Å². The Hall–Kier alpha value is -3.09. The Balaban J connectivity index is 1.56. The number of urea groups is 1. The third-order valence-electron chi connectivity index (χ3n) is 5.84. The number of piperidine rings is 1. The van der Waals surface area contributed by atoms with Crippen LogP contribution < -0.4 is 10.2 Å². The fourth-order valence-corrected chi connectivity index (χ4v) is 4.23.